The molecule has 4 N–H and O–H groups in total. The molecule has 4 heterocycles. The van der Waals surface area contributed by atoms with Crippen molar-refractivity contribution >= 4 is 23.7 Å². The maximum atomic E-state index is 11.6. The standard InChI is InChI=1S/C20H29N7O2/c1-14-13-29-10-9-27(14)18-11-16(20(28)4-7-26(2)8-5-20)15(12-21)19(24-18)23-17-3-6-22-25-17/h3,6,11-12,14,21,28H,4-5,7-10,13H2,1-2H3,(H2,22,23,24,25)/t14-/m1/s1. The van der Waals surface area contributed by atoms with E-state index in [4.69, 9.17) is 15.1 Å². The van der Waals surface area contributed by atoms with Gasteiger partial charge < -0.3 is 30.4 Å². The number of aliphatic hydroxyl groups is 1. The highest BCUT2D eigenvalue weighted by molar-refractivity contribution is 5.89. The number of ether oxygens (including phenoxy) is 1. The molecule has 2 aliphatic heterocycles. The highest BCUT2D eigenvalue weighted by Gasteiger charge is 2.37. The van der Waals surface area contributed by atoms with Crippen LogP contribution in [0.2, 0.25) is 0 Å². The molecule has 0 unspecified atom stereocenters. The zero-order valence-corrected chi connectivity index (χ0v) is 17.0. The average molecular weight is 399 g/mol. The van der Waals surface area contributed by atoms with Gasteiger partial charge in [0.05, 0.1) is 31.1 Å². The molecule has 2 aromatic rings. The van der Waals surface area contributed by atoms with Crippen molar-refractivity contribution in [1.29, 1.82) is 5.41 Å². The van der Waals surface area contributed by atoms with Crippen LogP contribution in [0.5, 0.6) is 0 Å². The van der Waals surface area contributed by atoms with Gasteiger partial charge in [-0.15, -0.1) is 0 Å². The van der Waals surface area contributed by atoms with Crippen LogP contribution in [0.3, 0.4) is 0 Å². The Kier molecular flexibility index (Phi) is 5.53. The number of aromatic amines is 1. The van der Waals surface area contributed by atoms with E-state index in [0.717, 1.165) is 31.0 Å². The average Bonchev–Trinajstić information content (AvgIpc) is 3.23. The number of hydrogen-bond donors (Lipinski definition) is 4. The van der Waals surface area contributed by atoms with E-state index in [1.807, 2.05) is 12.1 Å². The molecule has 9 nitrogen and oxygen atoms in total. The maximum absolute atomic E-state index is 11.6. The molecule has 2 fully saturated rings. The smallest absolute Gasteiger partial charge is 0.143 e. The minimum absolute atomic E-state index is 0.182. The lowest BCUT2D eigenvalue weighted by atomic mass is 9.82. The second-order valence-electron chi connectivity index (χ2n) is 7.98. The van der Waals surface area contributed by atoms with E-state index in [2.05, 4.69) is 39.3 Å². The number of hydrogen-bond acceptors (Lipinski definition) is 8. The molecule has 29 heavy (non-hydrogen) atoms. The third-order valence-corrected chi connectivity index (χ3v) is 5.92. The minimum Gasteiger partial charge on any atom is -0.385 e. The van der Waals surface area contributed by atoms with E-state index < -0.39 is 5.60 Å². The molecule has 2 aliphatic rings. The molecule has 0 amide bonds. The molecule has 0 saturated carbocycles. The maximum Gasteiger partial charge on any atom is 0.143 e. The van der Waals surface area contributed by atoms with Crippen molar-refractivity contribution in [2.24, 2.45) is 0 Å². The van der Waals surface area contributed by atoms with Crippen LogP contribution in [-0.4, -0.2) is 77.3 Å². The minimum atomic E-state index is -0.989. The van der Waals surface area contributed by atoms with E-state index in [1.54, 1.807) is 6.20 Å². The summed E-state index contributed by atoms with van der Waals surface area (Å²) in [5.74, 6) is 2.02. The Morgan fingerprint density at radius 2 is 2.17 bits per heavy atom. The van der Waals surface area contributed by atoms with Gasteiger partial charge in [-0.2, -0.15) is 5.10 Å². The largest absolute Gasteiger partial charge is 0.385 e. The molecule has 2 saturated heterocycles. The zero-order valence-electron chi connectivity index (χ0n) is 17.0. The number of morpholine rings is 1. The molecule has 2 aromatic heterocycles. The van der Waals surface area contributed by atoms with Crippen molar-refractivity contribution < 1.29 is 9.84 Å². The normalized spacial score (nSPS) is 22.4. The number of H-pyrrole nitrogens is 1. The SMILES string of the molecule is C[C@@H]1COCCN1c1cc(C2(O)CCN(C)CC2)c(C=N)c(Nc2ccn[nH]2)n1. The van der Waals surface area contributed by atoms with Crippen LogP contribution >= 0.6 is 0 Å². The highest BCUT2D eigenvalue weighted by Crippen LogP contribution is 2.38. The number of nitrogens with zero attached hydrogens (tertiary/aromatic N) is 4. The molecule has 0 spiro atoms. The van der Waals surface area contributed by atoms with Crippen LogP contribution in [0.15, 0.2) is 18.3 Å². The Morgan fingerprint density at radius 3 is 2.83 bits per heavy atom. The molecule has 0 aliphatic carbocycles. The molecule has 156 valence electrons. The van der Waals surface area contributed by atoms with Gasteiger partial charge in [-0.05, 0) is 38.4 Å². The van der Waals surface area contributed by atoms with Crippen molar-refractivity contribution in [2.75, 3.05) is 50.1 Å². The van der Waals surface area contributed by atoms with Gasteiger partial charge in [0.25, 0.3) is 0 Å². The summed E-state index contributed by atoms with van der Waals surface area (Å²) < 4.78 is 5.58. The van der Waals surface area contributed by atoms with Crippen molar-refractivity contribution in [3.8, 4) is 0 Å². The van der Waals surface area contributed by atoms with Crippen LogP contribution in [-0.2, 0) is 10.3 Å². The Bertz CT molecular complexity index is 847. The van der Waals surface area contributed by atoms with Crippen LogP contribution in [0.4, 0.5) is 17.5 Å². The van der Waals surface area contributed by atoms with Gasteiger partial charge in [0.1, 0.15) is 17.5 Å². The summed E-state index contributed by atoms with van der Waals surface area (Å²) in [6, 6.07) is 3.96. The Labute approximate surface area is 170 Å². The van der Waals surface area contributed by atoms with Crippen LogP contribution in [0.1, 0.15) is 30.9 Å². The summed E-state index contributed by atoms with van der Waals surface area (Å²) >= 11 is 0. The summed E-state index contributed by atoms with van der Waals surface area (Å²) in [5.41, 5.74) is 0.374. The fourth-order valence-electron chi connectivity index (χ4n) is 4.09. The summed E-state index contributed by atoms with van der Waals surface area (Å²) in [7, 11) is 2.07. The molecule has 0 aromatic carbocycles. The van der Waals surface area contributed by atoms with Crippen LogP contribution in [0, 0.1) is 5.41 Å². The first-order valence-electron chi connectivity index (χ1n) is 10.1. The van der Waals surface area contributed by atoms with Gasteiger partial charge in [0.2, 0.25) is 0 Å². The van der Waals surface area contributed by atoms with Crippen LogP contribution in [0.25, 0.3) is 0 Å². The summed E-state index contributed by atoms with van der Waals surface area (Å²) in [4.78, 5) is 9.26. The van der Waals surface area contributed by atoms with Gasteiger partial charge >= 0.3 is 0 Å². The van der Waals surface area contributed by atoms with Crippen molar-refractivity contribution in [2.45, 2.75) is 31.4 Å². The zero-order chi connectivity index (χ0) is 20.4. The second-order valence-corrected chi connectivity index (χ2v) is 7.98. The highest BCUT2D eigenvalue weighted by atomic mass is 16.5. The van der Waals surface area contributed by atoms with E-state index in [9.17, 15) is 5.11 Å². The lowest BCUT2D eigenvalue weighted by molar-refractivity contribution is -0.0204. The molecule has 9 heteroatoms. The number of anilines is 3. The molecule has 0 bridgehead atoms. The van der Waals surface area contributed by atoms with Crippen molar-refractivity contribution in [1.82, 2.24) is 20.1 Å². The number of aromatic nitrogens is 3. The number of rotatable bonds is 5. The fourth-order valence-corrected chi connectivity index (χ4v) is 4.09. The van der Waals surface area contributed by atoms with Gasteiger partial charge in [-0.25, -0.2) is 4.98 Å². The molecular weight excluding hydrogens is 370 g/mol. The third-order valence-electron chi connectivity index (χ3n) is 5.92. The van der Waals surface area contributed by atoms with E-state index >= 15 is 0 Å². The van der Waals surface area contributed by atoms with Crippen molar-refractivity contribution in [3.05, 3.63) is 29.5 Å². The Balaban J connectivity index is 1.81. The van der Waals surface area contributed by atoms with E-state index in [1.165, 1.54) is 6.21 Å². The van der Waals surface area contributed by atoms with Gasteiger partial charge in [-0.3, -0.25) is 5.10 Å². The Hall–Kier alpha value is -2.49. The van der Waals surface area contributed by atoms with E-state index in [-0.39, 0.29) is 6.04 Å². The summed E-state index contributed by atoms with van der Waals surface area (Å²) in [5, 5.41) is 29.7. The van der Waals surface area contributed by atoms with Crippen molar-refractivity contribution in [3.63, 3.8) is 0 Å². The molecule has 0 radical (unpaired) electrons. The number of likely N-dealkylation sites (tertiary alicyclic amines) is 1. The topological polar surface area (TPSA) is 113 Å². The predicted molar refractivity (Wildman–Crippen MR) is 112 cm³/mol. The lowest BCUT2D eigenvalue weighted by Crippen LogP contribution is -2.45. The summed E-state index contributed by atoms with van der Waals surface area (Å²) in [6.45, 7) is 5.75. The second kappa shape index (κ2) is 8.10. The van der Waals surface area contributed by atoms with Gasteiger partial charge in [0.15, 0.2) is 0 Å². The van der Waals surface area contributed by atoms with Crippen LogP contribution < -0.4 is 10.2 Å². The molecule has 4 rings (SSSR count). The fraction of sp³-hybridized carbons (Fsp3) is 0.550. The first kappa shape index (κ1) is 19.8. The lowest BCUT2D eigenvalue weighted by Gasteiger charge is -2.39. The first-order valence-corrected chi connectivity index (χ1v) is 10.1. The number of pyridine rings is 1. The predicted octanol–water partition coefficient (Wildman–Crippen LogP) is 1.68. The first-order chi connectivity index (χ1) is 14.0. The monoisotopic (exact) mass is 399 g/mol. The Morgan fingerprint density at radius 1 is 1.38 bits per heavy atom. The molecule has 1 atom stereocenters. The number of nitrogens with one attached hydrogen (secondary N) is 3. The number of piperidine rings is 1. The summed E-state index contributed by atoms with van der Waals surface area (Å²) in [6.07, 6.45) is 4.18. The van der Waals surface area contributed by atoms with Gasteiger partial charge in [0, 0.05) is 37.5 Å². The quantitative estimate of drug-likeness (QED) is 0.566. The molecular formula is C20H29N7O2. The van der Waals surface area contributed by atoms with Gasteiger partial charge in [-0.1, -0.05) is 0 Å². The van der Waals surface area contributed by atoms with E-state index in [0.29, 0.717) is 43.3 Å². The third kappa shape index (κ3) is 3.98.